The molecule has 1 aliphatic rings. The molecular formula is C40H25N. The van der Waals surface area contributed by atoms with Gasteiger partial charge in [-0.1, -0.05) is 127 Å². The Labute approximate surface area is 238 Å². The van der Waals surface area contributed by atoms with Crippen LogP contribution in [-0.2, 0) is 0 Å². The largest absolute Gasteiger partial charge is 0.309 e. The van der Waals surface area contributed by atoms with E-state index in [1.165, 1.54) is 82.8 Å². The van der Waals surface area contributed by atoms with Gasteiger partial charge in [0.2, 0.25) is 0 Å². The van der Waals surface area contributed by atoms with Crippen LogP contribution in [0, 0.1) is 0 Å². The van der Waals surface area contributed by atoms with Gasteiger partial charge >= 0.3 is 0 Å². The van der Waals surface area contributed by atoms with Crippen molar-refractivity contribution in [2.45, 2.75) is 0 Å². The normalized spacial score (nSPS) is 11.9. The summed E-state index contributed by atoms with van der Waals surface area (Å²) in [4.78, 5) is 0. The van der Waals surface area contributed by atoms with Crippen molar-refractivity contribution in [3.63, 3.8) is 0 Å². The highest BCUT2D eigenvalue weighted by molar-refractivity contribution is 6.19. The van der Waals surface area contributed by atoms with Crippen molar-refractivity contribution in [1.29, 1.82) is 0 Å². The number of para-hydroxylation sites is 2. The second-order valence-electron chi connectivity index (χ2n) is 10.9. The first kappa shape index (κ1) is 22.4. The van der Waals surface area contributed by atoms with Crippen LogP contribution in [0.2, 0.25) is 0 Å². The third-order valence-electron chi connectivity index (χ3n) is 8.77. The first-order chi connectivity index (χ1) is 20.4. The van der Waals surface area contributed by atoms with Gasteiger partial charge in [0.05, 0.1) is 11.0 Å². The van der Waals surface area contributed by atoms with Gasteiger partial charge in [-0.15, -0.1) is 0 Å². The Balaban J connectivity index is 1.21. The smallest absolute Gasteiger partial charge is 0.0547 e. The fraction of sp³-hybridized carbons (Fsp3) is 0. The Kier molecular flexibility index (Phi) is 4.67. The minimum atomic E-state index is 1.18. The van der Waals surface area contributed by atoms with Crippen LogP contribution >= 0.6 is 0 Å². The molecule has 41 heavy (non-hydrogen) atoms. The van der Waals surface area contributed by atoms with E-state index in [4.69, 9.17) is 0 Å². The summed E-state index contributed by atoms with van der Waals surface area (Å²) in [6.07, 6.45) is 0. The summed E-state index contributed by atoms with van der Waals surface area (Å²) in [6.45, 7) is 0. The second kappa shape index (κ2) is 8.55. The van der Waals surface area contributed by atoms with Crippen molar-refractivity contribution in [1.82, 2.24) is 4.57 Å². The number of hydrogen-bond acceptors (Lipinski definition) is 0. The van der Waals surface area contributed by atoms with E-state index >= 15 is 0 Å². The SMILES string of the molecule is c1ccc(-n2c3ccccc3c3c(-c4ccc(-c5ccc6c7c(cccc57)-c5ccccc5-6)cc4)cccc32)cc1. The molecule has 190 valence electrons. The topological polar surface area (TPSA) is 4.93 Å². The minimum Gasteiger partial charge on any atom is -0.309 e. The number of nitrogens with zero attached hydrogens (tertiary/aromatic N) is 1. The fourth-order valence-corrected chi connectivity index (χ4v) is 7.00. The van der Waals surface area contributed by atoms with E-state index in [2.05, 4.69) is 156 Å². The van der Waals surface area contributed by atoms with Crippen LogP contribution in [0.25, 0.3) is 82.8 Å². The van der Waals surface area contributed by atoms with Gasteiger partial charge in [0, 0.05) is 16.5 Å². The van der Waals surface area contributed by atoms with Crippen LogP contribution in [-0.4, -0.2) is 4.57 Å². The molecule has 0 aliphatic heterocycles. The predicted molar refractivity (Wildman–Crippen MR) is 174 cm³/mol. The van der Waals surface area contributed by atoms with E-state index in [0.29, 0.717) is 0 Å². The maximum absolute atomic E-state index is 2.38. The molecule has 0 atom stereocenters. The molecule has 7 aromatic carbocycles. The highest BCUT2D eigenvalue weighted by Gasteiger charge is 2.22. The molecule has 0 fully saturated rings. The van der Waals surface area contributed by atoms with Gasteiger partial charge in [-0.25, -0.2) is 0 Å². The first-order valence-corrected chi connectivity index (χ1v) is 14.2. The zero-order valence-electron chi connectivity index (χ0n) is 22.4. The lowest BCUT2D eigenvalue weighted by molar-refractivity contribution is 1.18. The molecule has 8 aromatic rings. The number of hydrogen-bond donors (Lipinski definition) is 0. The standard InChI is InChI=1S/C40H25N/c1-2-10-28(11-3-1)41-37-18-7-6-14-36(37)40-30(15-9-19-38(40)41)27-22-20-26(21-23-27)29-24-25-35-32-13-5-4-12-31(32)34-17-8-16-33(29)39(34)35/h1-25H. The minimum absolute atomic E-state index is 1.18. The average Bonchev–Trinajstić information content (AvgIpc) is 3.56. The highest BCUT2D eigenvalue weighted by atomic mass is 15.0. The van der Waals surface area contributed by atoms with E-state index in [1.807, 2.05) is 0 Å². The molecule has 1 nitrogen and oxygen atoms in total. The number of aromatic nitrogens is 1. The molecule has 0 amide bonds. The summed E-state index contributed by atoms with van der Waals surface area (Å²) >= 11 is 0. The molecule has 1 heteroatoms. The van der Waals surface area contributed by atoms with Crippen LogP contribution < -0.4 is 0 Å². The molecule has 9 rings (SSSR count). The van der Waals surface area contributed by atoms with E-state index in [0.717, 1.165) is 0 Å². The number of fused-ring (bicyclic) bond motifs is 6. The monoisotopic (exact) mass is 519 g/mol. The molecule has 0 bridgehead atoms. The molecule has 0 spiro atoms. The third kappa shape index (κ3) is 3.18. The van der Waals surface area contributed by atoms with Crippen LogP contribution in [0.15, 0.2) is 152 Å². The summed E-state index contributed by atoms with van der Waals surface area (Å²) in [6, 6.07) is 55.4. The van der Waals surface area contributed by atoms with Gasteiger partial charge in [-0.05, 0) is 79.5 Å². The fourth-order valence-electron chi connectivity index (χ4n) is 7.00. The van der Waals surface area contributed by atoms with Crippen molar-refractivity contribution in [3.05, 3.63) is 152 Å². The lowest BCUT2D eigenvalue weighted by Gasteiger charge is -2.11. The van der Waals surface area contributed by atoms with E-state index in [9.17, 15) is 0 Å². The Bertz CT molecular complexity index is 2260. The van der Waals surface area contributed by atoms with Crippen molar-refractivity contribution in [2.75, 3.05) is 0 Å². The van der Waals surface area contributed by atoms with Gasteiger partial charge < -0.3 is 4.57 Å². The van der Waals surface area contributed by atoms with Gasteiger partial charge in [-0.3, -0.25) is 0 Å². The zero-order chi connectivity index (χ0) is 26.9. The van der Waals surface area contributed by atoms with Crippen molar-refractivity contribution in [3.8, 4) is 50.2 Å². The van der Waals surface area contributed by atoms with Crippen molar-refractivity contribution >= 4 is 32.6 Å². The lowest BCUT2D eigenvalue weighted by Crippen LogP contribution is -1.92. The van der Waals surface area contributed by atoms with Gasteiger partial charge in [0.15, 0.2) is 0 Å². The zero-order valence-corrected chi connectivity index (χ0v) is 22.4. The summed E-state index contributed by atoms with van der Waals surface area (Å²) in [5.74, 6) is 0. The van der Waals surface area contributed by atoms with E-state index in [1.54, 1.807) is 0 Å². The first-order valence-electron chi connectivity index (χ1n) is 14.2. The molecule has 1 aliphatic carbocycles. The van der Waals surface area contributed by atoms with Crippen LogP contribution in [0.5, 0.6) is 0 Å². The van der Waals surface area contributed by atoms with E-state index in [-0.39, 0.29) is 0 Å². The summed E-state index contributed by atoms with van der Waals surface area (Å²) < 4.78 is 2.38. The van der Waals surface area contributed by atoms with Gasteiger partial charge in [0.1, 0.15) is 0 Å². The highest BCUT2D eigenvalue weighted by Crippen LogP contribution is 2.49. The summed E-state index contributed by atoms with van der Waals surface area (Å²) in [5.41, 5.74) is 14.0. The van der Waals surface area contributed by atoms with Crippen LogP contribution in [0.3, 0.4) is 0 Å². The quantitative estimate of drug-likeness (QED) is 0.219. The van der Waals surface area contributed by atoms with Crippen molar-refractivity contribution in [2.24, 2.45) is 0 Å². The molecule has 0 unspecified atom stereocenters. The Morgan fingerprint density at radius 3 is 1.63 bits per heavy atom. The molecule has 1 heterocycles. The average molecular weight is 520 g/mol. The summed E-state index contributed by atoms with van der Waals surface area (Å²) in [7, 11) is 0. The third-order valence-corrected chi connectivity index (χ3v) is 8.77. The molecule has 0 N–H and O–H groups in total. The van der Waals surface area contributed by atoms with E-state index < -0.39 is 0 Å². The molecule has 0 saturated carbocycles. The maximum Gasteiger partial charge on any atom is 0.0547 e. The molecule has 1 aromatic heterocycles. The lowest BCUT2D eigenvalue weighted by atomic mass is 9.92. The van der Waals surface area contributed by atoms with Crippen LogP contribution in [0.1, 0.15) is 0 Å². The maximum atomic E-state index is 2.38. The van der Waals surface area contributed by atoms with Crippen molar-refractivity contribution < 1.29 is 0 Å². The summed E-state index contributed by atoms with van der Waals surface area (Å²) in [5, 5.41) is 5.26. The van der Waals surface area contributed by atoms with Gasteiger partial charge in [0.25, 0.3) is 0 Å². The predicted octanol–water partition coefficient (Wildman–Crippen LogP) is 10.9. The molecule has 0 radical (unpaired) electrons. The van der Waals surface area contributed by atoms with Gasteiger partial charge in [-0.2, -0.15) is 0 Å². The Hall–Kier alpha value is -5.40. The number of rotatable bonds is 3. The molecular weight excluding hydrogens is 494 g/mol. The molecule has 0 saturated heterocycles. The second-order valence-corrected chi connectivity index (χ2v) is 10.9. The number of benzene rings is 7. The Morgan fingerprint density at radius 2 is 0.829 bits per heavy atom. The Morgan fingerprint density at radius 1 is 0.293 bits per heavy atom. The van der Waals surface area contributed by atoms with Crippen LogP contribution in [0.4, 0.5) is 0 Å².